The Balaban J connectivity index is 1.92. The highest BCUT2D eigenvalue weighted by atomic mass is 32.1. The van der Waals surface area contributed by atoms with Gasteiger partial charge in [0, 0.05) is 42.7 Å². The summed E-state index contributed by atoms with van der Waals surface area (Å²) in [4.78, 5) is 29.7. The Kier molecular flexibility index (Phi) is 6.03. The molecule has 152 valence electrons. The Morgan fingerprint density at radius 3 is 2.68 bits per heavy atom. The average Bonchev–Trinajstić information content (AvgIpc) is 3.06. The minimum Gasteiger partial charge on any atom is -0.368 e. The zero-order valence-corrected chi connectivity index (χ0v) is 18.6. The molecule has 0 aliphatic carbocycles. The third-order valence-electron chi connectivity index (χ3n) is 4.79. The van der Waals surface area contributed by atoms with Crippen molar-refractivity contribution in [2.75, 3.05) is 18.4 Å². The Morgan fingerprint density at radius 2 is 2.07 bits per heavy atom. The highest BCUT2D eigenvalue weighted by Crippen LogP contribution is 2.32. The van der Waals surface area contributed by atoms with Gasteiger partial charge in [0.05, 0.1) is 15.6 Å². The number of aryl methyl sites for hydroxylation is 1. The Morgan fingerprint density at radius 1 is 1.32 bits per heavy atom. The van der Waals surface area contributed by atoms with E-state index < -0.39 is 0 Å². The van der Waals surface area contributed by atoms with Gasteiger partial charge in [0.2, 0.25) is 5.91 Å². The lowest BCUT2D eigenvalue weighted by atomic mass is 9.90. The lowest BCUT2D eigenvalue weighted by molar-refractivity contribution is -0.140. The molecule has 1 aliphatic rings. The van der Waals surface area contributed by atoms with Crippen molar-refractivity contribution in [1.29, 1.82) is 0 Å². The first-order valence-electron chi connectivity index (χ1n) is 10.0. The van der Waals surface area contributed by atoms with E-state index in [0.29, 0.717) is 5.82 Å². The van der Waals surface area contributed by atoms with Crippen molar-refractivity contribution >= 4 is 23.1 Å². The molecular weight excluding hydrogens is 370 g/mol. The van der Waals surface area contributed by atoms with Crippen molar-refractivity contribution in [2.24, 2.45) is 5.41 Å². The molecule has 0 unspecified atom stereocenters. The quantitative estimate of drug-likeness (QED) is 0.818. The number of hydrogen-bond donors (Lipinski definition) is 1. The number of nitrogens with one attached hydrogen (secondary N) is 1. The van der Waals surface area contributed by atoms with Gasteiger partial charge < -0.3 is 10.2 Å². The van der Waals surface area contributed by atoms with E-state index in [1.807, 2.05) is 44.9 Å². The van der Waals surface area contributed by atoms with E-state index in [1.54, 1.807) is 11.3 Å². The summed E-state index contributed by atoms with van der Waals surface area (Å²) >= 11 is 1.60. The minimum atomic E-state index is -0.358. The van der Waals surface area contributed by atoms with E-state index in [-0.39, 0.29) is 23.3 Å². The molecular formula is C21H31N5OS. The summed E-state index contributed by atoms with van der Waals surface area (Å²) in [6.07, 6.45) is 3.88. The molecule has 3 rings (SSSR count). The van der Waals surface area contributed by atoms with Gasteiger partial charge >= 0.3 is 0 Å². The average molecular weight is 402 g/mol. The number of amides is 1. The first kappa shape index (κ1) is 20.7. The van der Waals surface area contributed by atoms with Gasteiger partial charge in [0.1, 0.15) is 5.82 Å². The van der Waals surface area contributed by atoms with Gasteiger partial charge in [-0.2, -0.15) is 0 Å². The number of thiazole rings is 1. The van der Waals surface area contributed by atoms with Crippen LogP contribution >= 0.6 is 11.3 Å². The lowest BCUT2D eigenvalue weighted by Gasteiger charge is -2.36. The summed E-state index contributed by atoms with van der Waals surface area (Å²) < 4.78 is 0. The van der Waals surface area contributed by atoms with E-state index in [2.05, 4.69) is 24.1 Å². The third-order valence-corrected chi connectivity index (χ3v) is 5.70. The maximum atomic E-state index is 12.8. The van der Waals surface area contributed by atoms with Crippen molar-refractivity contribution in [3.8, 4) is 10.7 Å². The standard InChI is InChI=1S/C21H31N5OS/c1-13(2)23-18-10-16(24-19(25-18)17-11-22-14(3)28-17)15-8-7-9-26(12-15)20(27)21(4,5)6/h10-11,13,15H,7-9,12H2,1-6H3,(H,23,24,25)/t15-/m0/s1. The van der Waals surface area contributed by atoms with Gasteiger partial charge in [-0.15, -0.1) is 11.3 Å². The fourth-order valence-corrected chi connectivity index (χ4v) is 4.21. The fourth-order valence-electron chi connectivity index (χ4n) is 3.50. The molecule has 1 aliphatic heterocycles. The molecule has 0 aromatic carbocycles. The first-order chi connectivity index (χ1) is 13.1. The van der Waals surface area contributed by atoms with Crippen LogP contribution in [-0.4, -0.2) is 44.9 Å². The Hall–Kier alpha value is -2.02. The second-order valence-corrected chi connectivity index (χ2v) is 10.1. The summed E-state index contributed by atoms with van der Waals surface area (Å²) in [6.45, 7) is 13.7. The number of nitrogens with zero attached hydrogens (tertiary/aromatic N) is 4. The van der Waals surface area contributed by atoms with Crippen LogP contribution in [0.2, 0.25) is 0 Å². The molecule has 0 spiro atoms. The lowest BCUT2D eigenvalue weighted by Crippen LogP contribution is -2.44. The zero-order chi connectivity index (χ0) is 20.5. The van der Waals surface area contributed by atoms with Crippen LogP contribution in [0.3, 0.4) is 0 Å². The van der Waals surface area contributed by atoms with E-state index in [9.17, 15) is 4.79 Å². The SMILES string of the molecule is Cc1ncc(-c2nc(NC(C)C)cc([C@H]3CCCN(C(=O)C(C)(C)C)C3)n2)s1. The van der Waals surface area contributed by atoms with Gasteiger partial charge in [0.25, 0.3) is 0 Å². The molecule has 1 N–H and O–H groups in total. The van der Waals surface area contributed by atoms with Crippen molar-refractivity contribution in [3.63, 3.8) is 0 Å². The topological polar surface area (TPSA) is 71.0 Å². The van der Waals surface area contributed by atoms with E-state index >= 15 is 0 Å². The summed E-state index contributed by atoms with van der Waals surface area (Å²) in [5, 5.41) is 4.41. The van der Waals surface area contributed by atoms with Gasteiger partial charge in [0.15, 0.2) is 5.82 Å². The molecule has 0 radical (unpaired) electrons. The maximum absolute atomic E-state index is 12.8. The highest BCUT2D eigenvalue weighted by Gasteiger charge is 2.32. The molecule has 0 bridgehead atoms. The minimum absolute atomic E-state index is 0.213. The van der Waals surface area contributed by atoms with Crippen LogP contribution < -0.4 is 5.32 Å². The molecule has 2 aromatic heterocycles. The van der Waals surface area contributed by atoms with Crippen LogP contribution in [0, 0.1) is 12.3 Å². The number of aromatic nitrogens is 3. The number of likely N-dealkylation sites (tertiary alicyclic amines) is 1. The number of hydrogen-bond acceptors (Lipinski definition) is 6. The Labute approximate surface area is 171 Å². The molecule has 2 aromatic rings. The van der Waals surface area contributed by atoms with Crippen LogP contribution in [0.25, 0.3) is 10.7 Å². The van der Waals surface area contributed by atoms with Crippen LogP contribution in [-0.2, 0) is 4.79 Å². The first-order valence-corrected chi connectivity index (χ1v) is 10.8. The molecule has 28 heavy (non-hydrogen) atoms. The largest absolute Gasteiger partial charge is 0.368 e. The van der Waals surface area contributed by atoms with E-state index in [1.165, 1.54) is 0 Å². The zero-order valence-electron chi connectivity index (χ0n) is 17.7. The highest BCUT2D eigenvalue weighted by molar-refractivity contribution is 7.14. The maximum Gasteiger partial charge on any atom is 0.227 e. The number of carbonyl (C=O) groups is 1. The summed E-state index contributed by atoms with van der Waals surface area (Å²) in [6, 6.07) is 2.33. The number of anilines is 1. The predicted octanol–water partition coefficient (Wildman–Crippen LogP) is 4.48. The van der Waals surface area contributed by atoms with Crippen LogP contribution in [0.5, 0.6) is 0 Å². The Bertz CT molecular complexity index is 840. The number of rotatable bonds is 4. The molecule has 7 heteroatoms. The second-order valence-electron chi connectivity index (χ2n) is 8.88. The second kappa shape index (κ2) is 8.15. The molecule has 0 saturated carbocycles. The molecule has 3 heterocycles. The van der Waals surface area contributed by atoms with Crippen molar-refractivity contribution in [2.45, 2.75) is 66.3 Å². The summed E-state index contributed by atoms with van der Waals surface area (Å²) in [5.41, 5.74) is 0.647. The van der Waals surface area contributed by atoms with Crippen molar-refractivity contribution < 1.29 is 4.79 Å². The number of carbonyl (C=O) groups excluding carboxylic acids is 1. The van der Waals surface area contributed by atoms with Crippen molar-refractivity contribution in [3.05, 3.63) is 23.0 Å². The third kappa shape index (κ3) is 4.87. The number of piperidine rings is 1. The molecule has 1 atom stereocenters. The molecule has 1 saturated heterocycles. The molecule has 1 fully saturated rings. The van der Waals surface area contributed by atoms with Gasteiger partial charge in [-0.3, -0.25) is 4.79 Å². The van der Waals surface area contributed by atoms with E-state index in [4.69, 9.17) is 9.97 Å². The van der Waals surface area contributed by atoms with Crippen LogP contribution in [0.15, 0.2) is 12.3 Å². The van der Waals surface area contributed by atoms with E-state index in [0.717, 1.165) is 47.3 Å². The van der Waals surface area contributed by atoms with Gasteiger partial charge in [-0.25, -0.2) is 15.0 Å². The van der Waals surface area contributed by atoms with Crippen LogP contribution in [0.4, 0.5) is 5.82 Å². The van der Waals surface area contributed by atoms with Gasteiger partial charge in [-0.1, -0.05) is 20.8 Å². The van der Waals surface area contributed by atoms with Crippen LogP contribution in [0.1, 0.15) is 64.1 Å². The molecule has 1 amide bonds. The summed E-state index contributed by atoms with van der Waals surface area (Å²) in [7, 11) is 0. The van der Waals surface area contributed by atoms with Gasteiger partial charge in [-0.05, 0) is 33.6 Å². The normalized spacial score (nSPS) is 17.8. The monoisotopic (exact) mass is 401 g/mol. The smallest absolute Gasteiger partial charge is 0.227 e. The predicted molar refractivity (Wildman–Crippen MR) is 115 cm³/mol. The fraction of sp³-hybridized carbons (Fsp3) is 0.619. The molecule has 6 nitrogen and oxygen atoms in total. The summed E-state index contributed by atoms with van der Waals surface area (Å²) in [5.74, 6) is 1.99. The van der Waals surface area contributed by atoms with Crippen molar-refractivity contribution in [1.82, 2.24) is 19.9 Å².